The smallest absolute Gasteiger partial charge is 0.288 e. The largest absolute Gasteiger partial charge is 0.393 e. The van der Waals surface area contributed by atoms with Crippen LogP contribution in [0, 0.1) is 5.92 Å². The van der Waals surface area contributed by atoms with Gasteiger partial charge in [-0.3, -0.25) is 9.69 Å². The Kier molecular flexibility index (Phi) is 6.16. The minimum atomic E-state index is -2.45. The first kappa shape index (κ1) is 17.2. The summed E-state index contributed by atoms with van der Waals surface area (Å²) in [6, 6.07) is 6.36. The number of aliphatic hydroxyl groups excluding tert-OH is 1. The molecule has 1 aromatic rings. The van der Waals surface area contributed by atoms with Gasteiger partial charge in [-0.2, -0.15) is 8.78 Å². The molecule has 0 radical (unpaired) electrons. The first-order chi connectivity index (χ1) is 10.4. The van der Waals surface area contributed by atoms with Crippen molar-refractivity contribution in [1.82, 2.24) is 4.90 Å². The summed E-state index contributed by atoms with van der Waals surface area (Å²) in [7, 11) is 0. The van der Waals surface area contributed by atoms with Gasteiger partial charge < -0.3 is 10.4 Å². The van der Waals surface area contributed by atoms with E-state index in [-0.39, 0.29) is 24.5 Å². The molecule has 1 aromatic carbocycles. The Morgan fingerprint density at radius 2 is 2.14 bits per heavy atom. The predicted octanol–water partition coefficient (Wildman–Crippen LogP) is 2.64. The highest BCUT2D eigenvalue weighted by molar-refractivity contribution is 7.99. The Hall–Kier alpha value is -1.18. The summed E-state index contributed by atoms with van der Waals surface area (Å²) in [5.41, 5.74) is 0.592. The molecule has 1 aliphatic rings. The van der Waals surface area contributed by atoms with Crippen LogP contribution in [0.5, 0.6) is 0 Å². The second kappa shape index (κ2) is 7.89. The number of hydrogen-bond acceptors (Lipinski definition) is 4. The zero-order chi connectivity index (χ0) is 16.1. The topological polar surface area (TPSA) is 52.6 Å². The van der Waals surface area contributed by atoms with Gasteiger partial charge in [0.1, 0.15) is 0 Å². The molecule has 1 fully saturated rings. The number of benzene rings is 1. The summed E-state index contributed by atoms with van der Waals surface area (Å²) >= 11 is 0.477. The number of anilines is 1. The number of likely N-dealkylation sites (tertiary alicyclic amines) is 1. The summed E-state index contributed by atoms with van der Waals surface area (Å²) in [5, 5.41) is 12.3. The number of thioether (sulfide) groups is 1. The monoisotopic (exact) mass is 330 g/mol. The summed E-state index contributed by atoms with van der Waals surface area (Å²) in [5.74, 6) is -2.36. The van der Waals surface area contributed by atoms with Crippen LogP contribution in [0.4, 0.5) is 14.5 Å². The van der Waals surface area contributed by atoms with Gasteiger partial charge in [-0.25, -0.2) is 0 Å². The summed E-state index contributed by atoms with van der Waals surface area (Å²) in [6.45, 7) is 3.56. The second-order valence-corrected chi connectivity index (χ2v) is 6.54. The minimum absolute atomic E-state index is 0.138. The molecule has 7 heteroatoms. The van der Waals surface area contributed by atoms with Gasteiger partial charge in [0.05, 0.1) is 12.6 Å². The molecule has 2 unspecified atom stereocenters. The highest BCUT2D eigenvalue weighted by Gasteiger charge is 2.26. The molecule has 2 atom stereocenters. The third-order valence-corrected chi connectivity index (χ3v) is 4.44. The molecule has 1 aliphatic heterocycles. The molecule has 2 rings (SSSR count). The van der Waals surface area contributed by atoms with Gasteiger partial charge in [0.2, 0.25) is 5.91 Å². The Labute approximate surface area is 132 Å². The minimum Gasteiger partial charge on any atom is -0.393 e. The lowest BCUT2D eigenvalue weighted by Gasteiger charge is -2.17. The lowest BCUT2D eigenvalue weighted by atomic mass is 10.0. The molecule has 2 N–H and O–H groups in total. The zero-order valence-corrected chi connectivity index (χ0v) is 13.2. The van der Waals surface area contributed by atoms with Crippen molar-refractivity contribution in [2.45, 2.75) is 30.1 Å². The number of rotatable bonds is 6. The average Bonchev–Trinajstić information content (AvgIpc) is 2.89. The van der Waals surface area contributed by atoms with Crippen LogP contribution in [0.25, 0.3) is 0 Å². The molecule has 122 valence electrons. The van der Waals surface area contributed by atoms with E-state index in [1.807, 2.05) is 4.90 Å². The number of hydrogen-bond donors (Lipinski definition) is 2. The number of carbonyl (C=O) groups excluding carboxylic acids is 1. The summed E-state index contributed by atoms with van der Waals surface area (Å²) in [4.78, 5) is 14.4. The van der Waals surface area contributed by atoms with Crippen molar-refractivity contribution in [3.8, 4) is 0 Å². The molecule has 0 saturated carbocycles. The van der Waals surface area contributed by atoms with E-state index in [9.17, 15) is 18.7 Å². The summed E-state index contributed by atoms with van der Waals surface area (Å²) < 4.78 is 24.4. The highest BCUT2D eigenvalue weighted by atomic mass is 32.2. The fraction of sp³-hybridized carbons (Fsp3) is 0.533. The van der Waals surface area contributed by atoms with Crippen LogP contribution >= 0.6 is 11.8 Å². The predicted molar refractivity (Wildman–Crippen MR) is 83.2 cm³/mol. The number of nitrogens with one attached hydrogen (secondary N) is 1. The van der Waals surface area contributed by atoms with E-state index in [0.29, 0.717) is 22.3 Å². The maximum atomic E-state index is 12.2. The van der Waals surface area contributed by atoms with Crippen LogP contribution in [0.15, 0.2) is 29.2 Å². The van der Waals surface area contributed by atoms with Crippen LogP contribution < -0.4 is 5.32 Å². The van der Waals surface area contributed by atoms with Crippen LogP contribution in [0.3, 0.4) is 0 Å². The van der Waals surface area contributed by atoms with E-state index in [1.165, 1.54) is 0 Å². The third kappa shape index (κ3) is 5.23. The quantitative estimate of drug-likeness (QED) is 0.788. The van der Waals surface area contributed by atoms with E-state index < -0.39 is 5.76 Å². The Bertz CT molecular complexity index is 497. The van der Waals surface area contributed by atoms with Gasteiger partial charge in [-0.1, -0.05) is 11.8 Å². The van der Waals surface area contributed by atoms with Crippen molar-refractivity contribution in [2.24, 2.45) is 5.92 Å². The fourth-order valence-electron chi connectivity index (χ4n) is 2.52. The van der Waals surface area contributed by atoms with Crippen molar-refractivity contribution in [3.05, 3.63) is 24.3 Å². The number of aliphatic hydroxyl groups is 1. The zero-order valence-electron chi connectivity index (χ0n) is 12.3. The Balaban J connectivity index is 1.80. The van der Waals surface area contributed by atoms with E-state index in [2.05, 4.69) is 5.32 Å². The Morgan fingerprint density at radius 1 is 1.45 bits per heavy atom. The molecule has 0 aromatic heterocycles. The highest BCUT2D eigenvalue weighted by Crippen LogP contribution is 2.26. The number of halogens is 2. The number of nitrogens with zero attached hydrogens (tertiary/aromatic N) is 1. The Morgan fingerprint density at radius 3 is 2.68 bits per heavy atom. The van der Waals surface area contributed by atoms with Crippen molar-refractivity contribution in [2.75, 3.05) is 25.0 Å². The standard InChI is InChI=1S/C15H20F2N2O2S/c1-10(20)11-6-7-19(8-11)9-14(21)18-12-2-4-13(5-3-12)22-15(16)17/h2-5,10-11,15,20H,6-9H2,1H3,(H,18,21). The van der Waals surface area contributed by atoms with Crippen molar-refractivity contribution < 1.29 is 18.7 Å². The molecule has 0 bridgehead atoms. The van der Waals surface area contributed by atoms with Crippen LogP contribution in [-0.4, -0.2) is 47.4 Å². The molecular weight excluding hydrogens is 310 g/mol. The van der Waals surface area contributed by atoms with Crippen molar-refractivity contribution >= 4 is 23.4 Å². The summed E-state index contributed by atoms with van der Waals surface area (Å²) in [6.07, 6.45) is 0.540. The molecule has 4 nitrogen and oxygen atoms in total. The first-order valence-corrected chi connectivity index (χ1v) is 8.07. The van der Waals surface area contributed by atoms with Gasteiger partial charge >= 0.3 is 0 Å². The van der Waals surface area contributed by atoms with Crippen molar-refractivity contribution in [3.63, 3.8) is 0 Å². The fourth-order valence-corrected chi connectivity index (χ4v) is 3.02. The molecular formula is C15H20F2N2O2S. The number of alkyl halides is 2. The van der Waals surface area contributed by atoms with Gasteiger partial charge in [-0.05, 0) is 50.1 Å². The lowest BCUT2D eigenvalue weighted by Crippen LogP contribution is -2.32. The van der Waals surface area contributed by atoms with E-state index in [1.54, 1.807) is 31.2 Å². The van der Waals surface area contributed by atoms with Crippen LogP contribution in [-0.2, 0) is 4.79 Å². The maximum absolute atomic E-state index is 12.2. The second-order valence-electron chi connectivity index (χ2n) is 5.48. The van der Waals surface area contributed by atoms with E-state index in [4.69, 9.17) is 0 Å². The molecule has 1 heterocycles. The molecule has 0 aliphatic carbocycles. The average molecular weight is 330 g/mol. The molecule has 22 heavy (non-hydrogen) atoms. The SMILES string of the molecule is CC(O)C1CCN(CC(=O)Nc2ccc(SC(F)F)cc2)C1. The third-order valence-electron chi connectivity index (χ3n) is 3.72. The number of carbonyl (C=O) groups is 1. The van der Waals surface area contributed by atoms with E-state index >= 15 is 0 Å². The van der Waals surface area contributed by atoms with Gasteiger partial charge in [0, 0.05) is 17.1 Å². The molecule has 1 amide bonds. The van der Waals surface area contributed by atoms with Gasteiger partial charge in [0.15, 0.2) is 0 Å². The van der Waals surface area contributed by atoms with Crippen molar-refractivity contribution in [1.29, 1.82) is 0 Å². The van der Waals surface area contributed by atoms with E-state index in [0.717, 1.165) is 19.5 Å². The normalized spacial score (nSPS) is 20.3. The molecule has 0 spiro atoms. The van der Waals surface area contributed by atoms with Gasteiger partial charge in [0.25, 0.3) is 5.76 Å². The molecule has 1 saturated heterocycles. The van der Waals surface area contributed by atoms with Crippen LogP contribution in [0.1, 0.15) is 13.3 Å². The number of amides is 1. The van der Waals surface area contributed by atoms with Crippen LogP contribution in [0.2, 0.25) is 0 Å². The maximum Gasteiger partial charge on any atom is 0.288 e. The lowest BCUT2D eigenvalue weighted by molar-refractivity contribution is -0.117. The first-order valence-electron chi connectivity index (χ1n) is 7.19. The van der Waals surface area contributed by atoms with Gasteiger partial charge in [-0.15, -0.1) is 0 Å².